The topological polar surface area (TPSA) is 15.3 Å². The Bertz CT molecular complexity index is 170. The number of nitrogens with zero attached hydrogens (tertiary/aromatic N) is 1. The van der Waals surface area contributed by atoms with Crippen LogP contribution >= 0.6 is 0 Å². The maximum atomic E-state index is 3.58. The molecule has 2 nitrogen and oxygen atoms in total. The molecule has 90 valence electrons. The van der Waals surface area contributed by atoms with Gasteiger partial charge in [-0.2, -0.15) is 0 Å². The van der Waals surface area contributed by atoms with Gasteiger partial charge in [0.1, 0.15) is 0 Å². The van der Waals surface area contributed by atoms with Gasteiger partial charge in [-0.25, -0.2) is 0 Å². The van der Waals surface area contributed by atoms with Gasteiger partial charge in [-0.05, 0) is 25.7 Å². The molecule has 1 heterocycles. The van der Waals surface area contributed by atoms with Crippen LogP contribution in [0.25, 0.3) is 0 Å². The normalized spacial score (nSPS) is 27.6. The van der Waals surface area contributed by atoms with Crippen molar-refractivity contribution in [1.82, 2.24) is 10.2 Å². The first-order chi connectivity index (χ1) is 7.17. The summed E-state index contributed by atoms with van der Waals surface area (Å²) >= 11 is 0. The predicted octanol–water partition coefficient (Wildman–Crippen LogP) is 2.49. The van der Waals surface area contributed by atoms with Crippen molar-refractivity contribution in [3.8, 4) is 0 Å². The molecule has 1 saturated heterocycles. The predicted molar refractivity (Wildman–Crippen MR) is 67.2 cm³/mol. The molecule has 0 amide bonds. The first-order valence-corrected chi connectivity index (χ1v) is 6.64. The lowest BCUT2D eigenvalue weighted by Crippen LogP contribution is -2.53. The molecule has 1 N–H and O–H groups in total. The van der Waals surface area contributed by atoms with Gasteiger partial charge in [-0.1, -0.05) is 27.2 Å². The Labute approximate surface area is 95.4 Å². The minimum absolute atomic E-state index is 0.720. The minimum Gasteiger partial charge on any atom is -0.311 e. The van der Waals surface area contributed by atoms with Crippen LogP contribution in [0.1, 0.15) is 47.0 Å². The first-order valence-electron chi connectivity index (χ1n) is 6.64. The molecule has 0 aromatic rings. The Kier molecular flexibility index (Phi) is 5.62. The van der Waals surface area contributed by atoms with E-state index in [1.807, 2.05) is 0 Å². The van der Waals surface area contributed by atoms with Crippen LogP contribution in [0.15, 0.2) is 0 Å². The number of nitrogens with one attached hydrogen (secondary N) is 1. The van der Waals surface area contributed by atoms with Crippen LogP contribution in [-0.2, 0) is 0 Å². The second-order valence-corrected chi connectivity index (χ2v) is 5.15. The summed E-state index contributed by atoms with van der Waals surface area (Å²) < 4.78 is 0. The molecular weight excluding hydrogens is 184 g/mol. The Hall–Kier alpha value is -0.0800. The van der Waals surface area contributed by atoms with Crippen molar-refractivity contribution in [2.24, 2.45) is 5.92 Å². The zero-order chi connectivity index (χ0) is 11.3. The molecular formula is C13H28N2. The van der Waals surface area contributed by atoms with Crippen LogP contribution in [0.4, 0.5) is 0 Å². The molecule has 1 aliphatic heterocycles. The van der Waals surface area contributed by atoms with Crippen LogP contribution in [0.3, 0.4) is 0 Å². The Morgan fingerprint density at radius 2 is 2.07 bits per heavy atom. The molecule has 0 radical (unpaired) electrons. The molecule has 0 aliphatic carbocycles. The molecule has 1 fully saturated rings. The van der Waals surface area contributed by atoms with E-state index in [4.69, 9.17) is 0 Å². The van der Waals surface area contributed by atoms with Gasteiger partial charge >= 0.3 is 0 Å². The van der Waals surface area contributed by atoms with E-state index in [0.717, 1.165) is 18.0 Å². The largest absolute Gasteiger partial charge is 0.311 e. The van der Waals surface area contributed by atoms with Gasteiger partial charge in [0.15, 0.2) is 0 Å². The second kappa shape index (κ2) is 6.49. The lowest BCUT2D eigenvalue weighted by molar-refractivity contribution is 0.134. The molecule has 0 bridgehead atoms. The van der Waals surface area contributed by atoms with E-state index < -0.39 is 0 Å². The fraction of sp³-hybridized carbons (Fsp3) is 1.00. The SMILES string of the molecule is CCC(C)CC(C)N1CCNC(CC)C1. The van der Waals surface area contributed by atoms with Gasteiger partial charge in [0.2, 0.25) is 0 Å². The summed E-state index contributed by atoms with van der Waals surface area (Å²) in [6, 6.07) is 1.48. The highest BCUT2D eigenvalue weighted by Crippen LogP contribution is 2.16. The van der Waals surface area contributed by atoms with E-state index in [2.05, 4.69) is 37.9 Å². The maximum Gasteiger partial charge on any atom is 0.0193 e. The Morgan fingerprint density at radius 3 is 2.67 bits per heavy atom. The number of hydrogen-bond donors (Lipinski definition) is 1. The monoisotopic (exact) mass is 212 g/mol. The maximum absolute atomic E-state index is 3.58. The van der Waals surface area contributed by atoms with Crippen molar-refractivity contribution < 1.29 is 0 Å². The smallest absolute Gasteiger partial charge is 0.0193 e. The zero-order valence-corrected chi connectivity index (χ0v) is 10.9. The fourth-order valence-electron chi connectivity index (χ4n) is 2.42. The van der Waals surface area contributed by atoms with Crippen molar-refractivity contribution in [3.63, 3.8) is 0 Å². The quantitative estimate of drug-likeness (QED) is 0.753. The van der Waals surface area contributed by atoms with Crippen molar-refractivity contribution in [2.45, 2.75) is 59.0 Å². The molecule has 0 spiro atoms. The highest BCUT2D eigenvalue weighted by Gasteiger charge is 2.22. The van der Waals surface area contributed by atoms with E-state index >= 15 is 0 Å². The van der Waals surface area contributed by atoms with E-state index in [9.17, 15) is 0 Å². The Morgan fingerprint density at radius 1 is 1.33 bits per heavy atom. The second-order valence-electron chi connectivity index (χ2n) is 5.15. The van der Waals surface area contributed by atoms with Gasteiger partial charge < -0.3 is 5.32 Å². The van der Waals surface area contributed by atoms with E-state index in [-0.39, 0.29) is 0 Å². The molecule has 0 saturated carbocycles. The lowest BCUT2D eigenvalue weighted by atomic mass is 9.98. The lowest BCUT2D eigenvalue weighted by Gasteiger charge is -2.38. The molecule has 3 atom stereocenters. The first kappa shape index (κ1) is 13.0. The van der Waals surface area contributed by atoms with Crippen molar-refractivity contribution in [2.75, 3.05) is 19.6 Å². The summed E-state index contributed by atoms with van der Waals surface area (Å²) in [6.45, 7) is 13.0. The molecule has 3 unspecified atom stereocenters. The highest BCUT2D eigenvalue weighted by molar-refractivity contribution is 4.81. The van der Waals surface area contributed by atoms with Crippen molar-refractivity contribution in [1.29, 1.82) is 0 Å². The summed E-state index contributed by atoms with van der Waals surface area (Å²) in [5, 5.41) is 3.58. The summed E-state index contributed by atoms with van der Waals surface area (Å²) in [6.07, 6.45) is 3.92. The van der Waals surface area contributed by atoms with Gasteiger partial charge in [0, 0.05) is 31.7 Å². The standard InChI is InChI=1S/C13H28N2/c1-5-11(3)9-12(4)15-8-7-14-13(6-2)10-15/h11-14H,5-10H2,1-4H3. The summed E-state index contributed by atoms with van der Waals surface area (Å²) in [5.41, 5.74) is 0. The highest BCUT2D eigenvalue weighted by atomic mass is 15.2. The van der Waals surface area contributed by atoms with Gasteiger partial charge in [-0.15, -0.1) is 0 Å². The third kappa shape index (κ3) is 4.12. The molecule has 0 aromatic heterocycles. The van der Waals surface area contributed by atoms with Crippen LogP contribution in [-0.4, -0.2) is 36.6 Å². The average Bonchev–Trinajstić information content (AvgIpc) is 2.28. The van der Waals surface area contributed by atoms with Crippen LogP contribution < -0.4 is 5.32 Å². The molecule has 1 aliphatic rings. The van der Waals surface area contributed by atoms with Gasteiger partial charge in [0.25, 0.3) is 0 Å². The summed E-state index contributed by atoms with van der Waals surface area (Å²) in [7, 11) is 0. The third-order valence-electron chi connectivity index (χ3n) is 3.84. The molecule has 1 rings (SSSR count). The van der Waals surface area contributed by atoms with E-state index in [1.54, 1.807) is 0 Å². The van der Waals surface area contributed by atoms with Gasteiger partial charge in [-0.3, -0.25) is 4.90 Å². The zero-order valence-electron chi connectivity index (χ0n) is 10.9. The van der Waals surface area contributed by atoms with Crippen LogP contribution in [0.5, 0.6) is 0 Å². The summed E-state index contributed by atoms with van der Waals surface area (Å²) in [5.74, 6) is 0.870. The van der Waals surface area contributed by atoms with Crippen LogP contribution in [0.2, 0.25) is 0 Å². The summed E-state index contributed by atoms with van der Waals surface area (Å²) in [4.78, 5) is 2.66. The van der Waals surface area contributed by atoms with Crippen LogP contribution in [0, 0.1) is 5.92 Å². The number of piperazine rings is 1. The third-order valence-corrected chi connectivity index (χ3v) is 3.84. The van der Waals surface area contributed by atoms with E-state index in [1.165, 1.54) is 38.9 Å². The Balaban J connectivity index is 2.34. The minimum atomic E-state index is 0.720. The van der Waals surface area contributed by atoms with E-state index in [0.29, 0.717) is 0 Å². The van der Waals surface area contributed by atoms with Gasteiger partial charge in [0.05, 0.1) is 0 Å². The molecule has 0 aromatic carbocycles. The average molecular weight is 212 g/mol. The molecule has 2 heteroatoms. The number of rotatable bonds is 5. The van der Waals surface area contributed by atoms with Crippen molar-refractivity contribution >= 4 is 0 Å². The number of hydrogen-bond acceptors (Lipinski definition) is 2. The van der Waals surface area contributed by atoms with Crippen molar-refractivity contribution in [3.05, 3.63) is 0 Å². The molecule has 15 heavy (non-hydrogen) atoms. The fourth-order valence-corrected chi connectivity index (χ4v) is 2.42.